The average molecular weight is 904 g/mol. The fourth-order valence-corrected chi connectivity index (χ4v) is 16.1. The van der Waals surface area contributed by atoms with E-state index in [0.717, 1.165) is 39.9 Å². The lowest BCUT2D eigenvalue weighted by Crippen LogP contribution is -2.74. The van der Waals surface area contributed by atoms with Gasteiger partial charge in [-0.25, -0.2) is 0 Å². The van der Waals surface area contributed by atoms with Crippen LogP contribution >= 0.6 is 0 Å². The lowest BCUT2D eigenvalue weighted by atomic mass is 10.1. The number of aryl methyl sites for hydroxylation is 4. The zero-order valence-electron chi connectivity index (χ0n) is 39.1. The van der Waals surface area contributed by atoms with Crippen LogP contribution in [0.15, 0.2) is 224 Å². The quantitative estimate of drug-likeness (QED) is 0.117. The first kappa shape index (κ1) is 40.9. The number of aromatic nitrogens is 2. The third kappa shape index (κ3) is 6.42. The van der Waals surface area contributed by atoms with Crippen LogP contribution < -0.4 is 30.4 Å². The summed E-state index contributed by atoms with van der Waals surface area (Å²) in [6, 6.07) is 83.5. The van der Waals surface area contributed by atoms with Gasteiger partial charge in [-0.3, -0.25) is 0 Å². The number of nitrogens with zero attached hydrogens (tertiary/aromatic N) is 3. The minimum Gasteiger partial charge on any atom is -0.453 e. The van der Waals surface area contributed by atoms with Gasteiger partial charge in [-0.15, -0.1) is 0 Å². The van der Waals surface area contributed by atoms with E-state index in [0.29, 0.717) is 0 Å². The molecule has 0 unspecified atom stereocenters. The number of ether oxygens (including phenoxy) is 1. The van der Waals surface area contributed by atoms with Gasteiger partial charge >= 0.3 is 0 Å². The first-order valence-corrected chi connectivity index (χ1v) is 25.9. The van der Waals surface area contributed by atoms with Gasteiger partial charge in [0, 0.05) is 39.4 Å². The number of hydrogen-bond donors (Lipinski definition) is 0. The Hall–Kier alpha value is -8.38. The molecule has 0 saturated carbocycles. The van der Waals surface area contributed by atoms with Crippen LogP contribution in [-0.2, 0) is 0 Å². The molecule has 69 heavy (non-hydrogen) atoms. The molecule has 5 heteroatoms. The Kier molecular flexibility index (Phi) is 9.40. The maximum Gasteiger partial charge on any atom is 0.179 e. The largest absolute Gasteiger partial charge is 0.453 e. The molecule has 0 aliphatic carbocycles. The molecule has 0 atom stereocenters. The van der Waals surface area contributed by atoms with Crippen molar-refractivity contribution in [3.8, 4) is 22.9 Å². The summed E-state index contributed by atoms with van der Waals surface area (Å²) in [4.78, 5) is 2.42. The van der Waals surface area contributed by atoms with Gasteiger partial charge in [-0.05, 0) is 133 Å². The van der Waals surface area contributed by atoms with Crippen molar-refractivity contribution in [2.75, 3.05) is 4.90 Å². The molecule has 13 rings (SSSR count). The van der Waals surface area contributed by atoms with E-state index in [1.54, 1.807) is 0 Å². The number of anilines is 3. The molecule has 0 bridgehead atoms. The van der Waals surface area contributed by atoms with Crippen molar-refractivity contribution in [2.24, 2.45) is 0 Å². The number of fused-ring (bicyclic) bond motifs is 8. The molecule has 4 nitrogen and oxygen atoms in total. The van der Waals surface area contributed by atoms with Crippen molar-refractivity contribution in [2.45, 2.75) is 27.7 Å². The third-order valence-corrected chi connectivity index (χ3v) is 19.2. The molecular formula is C64H49N3OSi. The summed E-state index contributed by atoms with van der Waals surface area (Å²) in [6.45, 7) is 8.70. The smallest absolute Gasteiger partial charge is 0.179 e. The molecule has 10 aromatic carbocycles. The molecule has 1 aliphatic rings. The van der Waals surface area contributed by atoms with E-state index < -0.39 is 8.07 Å². The van der Waals surface area contributed by atoms with Gasteiger partial charge in [-0.2, -0.15) is 0 Å². The molecule has 0 amide bonds. The third-order valence-electron chi connectivity index (χ3n) is 14.4. The van der Waals surface area contributed by atoms with Crippen LogP contribution in [-0.4, -0.2) is 17.2 Å². The van der Waals surface area contributed by atoms with Gasteiger partial charge in [-0.1, -0.05) is 150 Å². The summed E-state index contributed by atoms with van der Waals surface area (Å²) < 4.78 is 12.1. The van der Waals surface area contributed by atoms with E-state index in [1.165, 1.54) is 86.6 Å². The van der Waals surface area contributed by atoms with Gasteiger partial charge in [0.05, 0.1) is 44.8 Å². The molecule has 0 saturated heterocycles. The maximum atomic E-state index is 7.28. The molecule has 3 heterocycles. The van der Waals surface area contributed by atoms with Gasteiger partial charge in [0.15, 0.2) is 19.6 Å². The Morgan fingerprint density at radius 3 is 1.04 bits per heavy atom. The van der Waals surface area contributed by atoms with E-state index in [2.05, 4.69) is 266 Å². The van der Waals surface area contributed by atoms with Gasteiger partial charge in [0.2, 0.25) is 0 Å². The van der Waals surface area contributed by atoms with Crippen LogP contribution in [0, 0.1) is 27.7 Å². The van der Waals surface area contributed by atoms with Gasteiger partial charge < -0.3 is 18.8 Å². The van der Waals surface area contributed by atoms with E-state index in [4.69, 9.17) is 4.74 Å². The van der Waals surface area contributed by atoms with E-state index in [9.17, 15) is 0 Å². The van der Waals surface area contributed by atoms with E-state index >= 15 is 0 Å². The molecule has 2 aromatic heterocycles. The van der Waals surface area contributed by atoms with Gasteiger partial charge in [0.1, 0.15) is 0 Å². The zero-order chi connectivity index (χ0) is 46.4. The van der Waals surface area contributed by atoms with Crippen molar-refractivity contribution in [3.63, 3.8) is 0 Å². The second-order valence-corrected chi connectivity index (χ2v) is 22.7. The number of hydrogen-bond acceptors (Lipinski definition) is 2. The van der Waals surface area contributed by atoms with E-state index in [-0.39, 0.29) is 0 Å². The first-order chi connectivity index (χ1) is 33.8. The lowest BCUT2D eigenvalue weighted by Gasteiger charge is -2.37. The first-order valence-electron chi connectivity index (χ1n) is 23.9. The molecule has 0 N–H and O–H groups in total. The lowest BCUT2D eigenvalue weighted by molar-refractivity contribution is 0.476. The highest BCUT2D eigenvalue weighted by Crippen LogP contribution is 2.52. The van der Waals surface area contributed by atoms with Crippen LogP contribution in [0.3, 0.4) is 0 Å². The van der Waals surface area contributed by atoms with Crippen LogP contribution in [0.5, 0.6) is 11.5 Å². The Bertz CT molecular complexity index is 3590. The highest BCUT2D eigenvalue weighted by molar-refractivity contribution is 7.19. The summed E-state index contributed by atoms with van der Waals surface area (Å²) in [6.07, 6.45) is 0. The molecule has 0 fully saturated rings. The second-order valence-electron chi connectivity index (χ2n) is 18.9. The average Bonchev–Trinajstić information content (AvgIpc) is 3.87. The van der Waals surface area contributed by atoms with Crippen molar-refractivity contribution in [1.82, 2.24) is 9.13 Å². The summed E-state index contributed by atoms with van der Waals surface area (Å²) in [5.74, 6) is 1.59. The fourth-order valence-electron chi connectivity index (χ4n) is 11.3. The normalized spacial score (nSPS) is 12.4. The topological polar surface area (TPSA) is 22.3 Å². The van der Waals surface area contributed by atoms with E-state index in [1.807, 2.05) is 0 Å². The summed E-state index contributed by atoms with van der Waals surface area (Å²) in [7, 11) is -2.85. The van der Waals surface area contributed by atoms with Crippen molar-refractivity contribution >= 4 is 89.5 Å². The minimum atomic E-state index is -2.85. The number of rotatable bonds is 7. The van der Waals surface area contributed by atoms with Crippen LogP contribution in [0.1, 0.15) is 22.3 Å². The molecule has 0 spiro atoms. The molecule has 0 radical (unpaired) electrons. The van der Waals surface area contributed by atoms with Crippen molar-refractivity contribution in [1.29, 1.82) is 0 Å². The molecule has 330 valence electrons. The Balaban J connectivity index is 1.05. The highest BCUT2D eigenvalue weighted by atomic mass is 28.3. The maximum absolute atomic E-state index is 7.28. The number of benzene rings is 10. The monoisotopic (exact) mass is 903 g/mol. The summed E-state index contributed by atoms with van der Waals surface area (Å²) in [5, 5.41) is 10.3. The van der Waals surface area contributed by atoms with Crippen LogP contribution in [0.4, 0.5) is 17.1 Å². The Morgan fingerprint density at radius 2 is 0.667 bits per heavy atom. The highest BCUT2D eigenvalue weighted by Gasteiger charge is 2.42. The molecule has 12 aromatic rings. The predicted molar refractivity (Wildman–Crippen MR) is 292 cm³/mol. The van der Waals surface area contributed by atoms with Gasteiger partial charge in [0.25, 0.3) is 0 Å². The van der Waals surface area contributed by atoms with Crippen LogP contribution in [0.25, 0.3) is 55.0 Å². The fraction of sp³-hybridized carbons (Fsp3) is 0.0625. The minimum absolute atomic E-state index is 0.794. The summed E-state index contributed by atoms with van der Waals surface area (Å²) in [5.41, 5.74) is 14.8. The zero-order valence-corrected chi connectivity index (χ0v) is 40.1. The molecule has 1 aliphatic heterocycles. The molecular weight excluding hydrogens is 855 g/mol. The second kappa shape index (κ2) is 15.9. The van der Waals surface area contributed by atoms with Crippen molar-refractivity contribution in [3.05, 3.63) is 247 Å². The summed E-state index contributed by atoms with van der Waals surface area (Å²) >= 11 is 0. The Morgan fingerprint density at radius 1 is 0.304 bits per heavy atom. The predicted octanol–water partition coefficient (Wildman–Crippen LogP) is 14.1. The van der Waals surface area contributed by atoms with Crippen molar-refractivity contribution < 1.29 is 4.74 Å². The standard InChI is InChI=1S/C64H49N3OSi/c1-42-23-29-57-53(35-42)54-36-43(2)24-30-58(54)65(57)47-27-33-61-63(40-47)68-64-41-48(66-59-31-25-44(3)37-55(59)56-38-45(4)26-32-60(56)66)28-34-62(64)67(61)46-15-14-22-52(39-46)69(49-16-8-5-9-17-49,50-18-10-6-11-19-50)51-20-12-7-13-21-51/h5-41H,1-4H3. The Labute approximate surface area is 403 Å². The SMILES string of the molecule is Cc1ccc2c(c1)c1cc(C)ccc1n2-c1ccc2c(c1)Oc1cc(-n3c4ccc(C)cc4c4cc(C)ccc43)ccc1N2c1cccc([Si](c2ccccc2)(c2ccccc2)c2ccccc2)c1. The van der Waals surface area contributed by atoms with Crippen LogP contribution in [0.2, 0.25) is 0 Å².